The summed E-state index contributed by atoms with van der Waals surface area (Å²) in [7, 11) is 0. The zero-order chi connectivity index (χ0) is 63.1. The van der Waals surface area contributed by atoms with E-state index in [9.17, 15) is 35.1 Å². The molecule has 11 heteroatoms. The molecule has 1 amide bonds. The molecule has 0 saturated carbocycles. The number of rotatable bonds is 58. The zero-order valence-corrected chi connectivity index (χ0v) is 55.1. The number of esters is 1. The smallest absolute Gasteiger partial charge is 0.306 e. The Morgan fingerprint density at radius 2 is 0.828 bits per heavy atom. The van der Waals surface area contributed by atoms with Gasteiger partial charge in [0, 0.05) is 6.42 Å². The van der Waals surface area contributed by atoms with Crippen LogP contribution in [0.2, 0.25) is 0 Å². The fourth-order valence-electron chi connectivity index (χ4n) is 10.0. The van der Waals surface area contributed by atoms with Gasteiger partial charge in [0.15, 0.2) is 12.4 Å². The van der Waals surface area contributed by atoms with Crippen LogP contribution in [0.1, 0.15) is 271 Å². The predicted molar refractivity (Wildman–Crippen MR) is 365 cm³/mol. The predicted octanol–water partition coefficient (Wildman–Crippen LogP) is 18.0. The molecule has 1 aliphatic rings. The third kappa shape index (κ3) is 49.3. The number of hydrogen-bond donors (Lipinski definition) is 6. The summed E-state index contributed by atoms with van der Waals surface area (Å²) in [5.41, 5.74) is 0. The highest BCUT2D eigenvalue weighted by Gasteiger charge is 2.47. The van der Waals surface area contributed by atoms with Crippen LogP contribution in [0.15, 0.2) is 134 Å². The molecule has 8 unspecified atom stereocenters. The number of ether oxygens (including phenoxy) is 3. The fraction of sp³-hybridized carbons (Fsp3) is 0.684. The van der Waals surface area contributed by atoms with Gasteiger partial charge in [-0.1, -0.05) is 276 Å². The average molecular weight is 1210 g/mol. The molecule has 87 heavy (non-hydrogen) atoms. The van der Waals surface area contributed by atoms with Gasteiger partial charge in [-0.05, 0) is 122 Å². The summed E-state index contributed by atoms with van der Waals surface area (Å²) in [6, 6.07) is -1.04. The lowest BCUT2D eigenvalue weighted by Gasteiger charge is -2.41. The van der Waals surface area contributed by atoms with Crippen LogP contribution in [-0.4, -0.2) is 99.6 Å². The van der Waals surface area contributed by atoms with Gasteiger partial charge in [-0.25, -0.2) is 0 Å². The Kier molecular flexibility index (Phi) is 57.6. The summed E-state index contributed by atoms with van der Waals surface area (Å²) < 4.78 is 17.6. The summed E-state index contributed by atoms with van der Waals surface area (Å²) >= 11 is 0. The second-order valence-corrected chi connectivity index (χ2v) is 23.5. The van der Waals surface area contributed by atoms with Crippen molar-refractivity contribution in [2.45, 2.75) is 320 Å². The molecule has 1 fully saturated rings. The molecule has 0 aromatic heterocycles. The first-order valence-electron chi connectivity index (χ1n) is 35.0. The zero-order valence-electron chi connectivity index (χ0n) is 55.1. The van der Waals surface area contributed by atoms with Gasteiger partial charge < -0.3 is 45.1 Å². The van der Waals surface area contributed by atoms with Crippen LogP contribution in [0.4, 0.5) is 0 Å². The van der Waals surface area contributed by atoms with Crippen LogP contribution in [0.3, 0.4) is 0 Å². The first kappa shape index (κ1) is 80.8. The van der Waals surface area contributed by atoms with E-state index >= 15 is 0 Å². The normalized spacial score (nSPS) is 19.1. The summed E-state index contributed by atoms with van der Waals surface area (Å²) in [5.74, 6) is -1.23. The van der Waals surface area contributed by atoms with Gasteiger partial charge in [0.25, 0.3) is 0 Å². The van der Waals surface area contributed by atoms with Crippen LogP contribution >= 0.6 is 0 Å². The molecule has 0 bridgehead atoms. The lowest BCUT2D eigenvalue weighted by atomic mass is 9.99. The number of amides is 1. The molecule has 11 nitrogen and oxygen atoms in total. The molecule has 0 spiro atoms. The largest absolute Gasteiger partial charge is 0.454 e. The van der Waals surface area contributed by atoms with Gasteiger partial charge >= 0.3 is 5.97 Å². The summed E-state index contributed by atoms with van der Waals surface area (Å²) in [5, 5.41) is 57.2. The summed E-state index contributed by atoms with van der Waals surface area (Å²) in [6.07, 6.45) is 77.7. The fourth-order valence-corrected chi connectivity index (χ4v) is 10.0. The Morgan fingerprint density at radius 1 is 0.460 bits per heavy atom. The Labute approximate surface area is 531 Å². The number of nitrogens with one attached hydrogen (secondary N) is 1. The van der Waals surface area contributed by atoms with E-state index in [1.54, 1.807) is 6.08 Å². The topological polar surface area (TPSA) is 175 Å². The molecular formula is C76H127NO10. The Hall–Kier alpha value is -4.20. The molecular weight excluding hydrogens is 1090 g/mol. The van der Waals surface area contributed by atoms with Crippen LogP contribution in [0, 0.1) is 0 Å². The van der Waals surface area contributed by atoms with Crippen LogP contribution < -0.4 is 5.32 Å². The van der Waals surface area contributed by atoms with E-state index in [-0.39, 0.29) is 19.4 Å². The van der Waals surface area contributed by atoms with Crippen molar-refractivity contribution in [1.82, 2.24) is 5.32 Å². The molecule has 0 aromatic carbocycles. The number of allylic oxidation sites excluding steroid dienone is 21. The highest BCUT2D eigenvalue weighted by molar-refractivity contribution is 5.80. The van der Waals surface area contributed by atoms with Crippen LogP contribution in [0.5, 0.6) is 0 Å². The van der Waals surface area contributed by atoms with Crippen LogP contribution in [0.25, 0.3) is 0 Å². The highest BCUT2D eigenvalue weighted by Crippen LogP contribution is 2.26. The second kappa shape index (κ2) is 62.0. The standard InChI is InChI=1S/C76H127NO10/c1-4-7-10-13-16-19-22-24-26-28-30-32-33-34-35-36-38-39-41-43-45-48-51-54-57-60-63-69(80)75(84)77-67(68(79)62-59-56-53-50-47-21-18-15-12-9-6-3)66-85-76-74(73(83)72(82)70(65-78)86-76)87-71(81)64-61-58-55-52-49-46-44-42-40-37-31-29-27-25-23-20-17-14-11-8-5-2/h7,10,16-17,19-20,24-27,30-32,34-35,37-39,42,44,59,62,67-70,72-74,76,78-80,82-83H,4-6,8-9,11-15,18,21-23,28-29,33,36,40-41,43,45-58,60-61,63-66H2,1-3H3,(H,77,84)/b10-7-,19-16-,20-17-,26-24-,27-25-,32-30-,35-34-,37-31-,39-38-,44-42-,62-59+. The Bertz CT molecular complexity index is 1930. The van der Waals surface area contributed by atoms with E-state index in [4.69, 9.17) is 14.2 Å². The van der Waals surface area contributed by atoms with Crippen molar-refractivity contribution in [3.8, 4) is 0 Å². The molecule has 1 saturated heterocycles. The summed E-state index contributed by atoms with van der Waals surface area (Å²) in [4.78, 5) is 26.7. The van der Waals surface area contributed by atoms with Crippen molar-refractivity contribution in [2.75, 3.05) is 13.2 Å². The number of aliphatic hydroxyl groups is 5. The van der Waals surface area contributed by atoms with Gasteiger partial charge in [-0.15, -0.1) is 0 Å². The third-order valence-corrected chi connectivity index (χ3v) is 15.5. The molecule has 8 atom stereocenters. The number of carbonyl (C=O) groups is 2. The van der Waals surface area contributed by atoms with Crippen molar-refractivity contribution in [1.29, 1.82) is 0 Å². The van der Waals surface area contributed by atoms with E-state index in [1.165, 1.54) is 70.6 Å². The van der Waals surface area contributed by atoms with Gasteiger partial charge in [0.05, 0.1) is 25.4 Å². The van der Waals surface area contributed by atoms with Crippen molar-refractivity contribution < 1.29 is 49.3 Å². The minimum absolute atomic E-state index is 0.0946. The van der Waals surface area contributed by atoms with Crippen LogP contribution in [-0.2, 0) is 23.8 Å². The first-order chi connectivity index (χ1) is 42.7. The Balaban J connectivity index is 2.60. The molecule has 1 aliphatic heterocycles. The van der Waals surface area contributed by atoms with Crippen molar-refractivity contribution in [3.05, 3.63) is 134 Å². The van der Waals surface area contributed by atoms with Gasteiger partial charge in [-0.3, -0.25) is 9.59 Å². The second-order valence-electron chi connectivity index (χ2n) is 23.5. The van der Waals surface area contributed by atoms with Crippen molar-refractivity contribution >= 4 is 11.9 Å². The van der Waals surface area contributed by atoms with Crippen molar-refractivity contribution in [3.63, 3.8) is 0 Å². The minimum Gasteiger partial charge on any atom is -0.454 e. The maximum Gasteiger partial charge on any atom is 0.306 e. The van der Waals surface area contributed by atoms with Gasteiger partial charge in [-0.2, -0.15) is 0 Å². The van der Waals surface area contributed by atoms with Gasteiger partial charge in [0.2, 0.25) is 5.91 Å². The number of unbranched alkanes of at least 4 members (excludes halogenated alkanes) is 24. The lowest BCUT2D eigenvalue weighted by molar-refractivity contribution is -0.305. The van der Waals surface area contributed by atoms with E-state index in [2.05, 4.69) is 148 Å². The molecule has 6 N–H and O–H groups in total. The quantitative estimate of drug-likeness (QED) is 0.0195. The van der Waals surface area contributed by atoms with E-state index in [1.807, 2.05) is 6.08 Å². The highest BCUT2D eigenvalue weighted by atomic mass is 16.7. The first-order valence-corrected chi connectivity index (χ1v) is 35.0. The Morgan fingerprint density at radius 3 is 1.26 bits per heavy atom. The molecule has 496 valence electrons. The maximum atomic E-state index is 13.5. The van der Waals surface area contributed by atoms with Crippen molar-refractivity contribution in [2.24, 2.45) is 0 Å². The molecule has 1 rings (SSSR count). The van der Waals surface area contributed by atoms with E-state index in [0.717, 1.165) is 154 Å². The third-order valence-electron chi connectivity index (χ3n) is 15.5. The van der Waals surface area contributed by atoms with E-state index in [0.29, 0.717) is 12.8 Å². The molecule has 0 aliphatic carbocycles. The monoisotopic (exact) mass is 1210 g/mol. The average Bonchev–Trinajstić information content (AvgIpc) is 1.30. The molecule has 0 aromatic rings. The number of aliphatic hydroxyl groups excluding tert-OH is 5. The van der Waals surface area contributed by atoms with E-state index < -0.39 is 67.4 Å². The SMILES string of the molecule is CC/C=C\C/C=C\C/C=C\C/C=C\C/C=C\C/C=C\CCCCCCCCCC(O)C(=O)NC(COC1OC(CO)C(O)C(O)C1OC(=O)CCCCCCC/C=C\C/C=C\C/C=C\C/C=C\CCCCC)C(O)/C=C/CCCCCCCCCCC. The molecule has 0 radical (unpaired) electrons. The lowest BCUT2D eigenvalue weighted by Crippen LogP contribution is -2.61. The number of hydrogen-bond acceptors (Lipinski definition) is 10. The molecule has 1 heterocycles. The maximum absolute atomic E-state index is 13.5. The van der Waals surface area contributed by atoms with Gasteiger partial charge in [0.1, 0.15) is 24.4 Å². The minimum atomic E-state index is -1.63. The summed E-state index contributed by atoms with van der Waals surface area (Å²) in [6.45, 7) is 5.63. The number of carbonyl (C=O) groups excluding carboxylic acids is 2.